The number of aromatic amines is 1. The second-order valence-corrected chi connectivity index (χ2v) is 10.9. The van der Waals surface area contributed by atoms with E-state index in [0.717, 1.165) is 25.7 Å². The molecular formula is C25H35N5O5. The van der Waals surface area contributed by atoms with Gasteiger partial charge in [-0.05, 0) is 72.3 Å². The van der Waals surface area contributed by atoms with Gasteiger partial charge in [0.25, 0.3) is 11.5 Å². The first kappa shape index (κ1) is 24.9. The van der Waals surface area contributed by atoms with Crippen molar-refractivity contribution in [1.29, 1.82) is 0 Å². The SMILES string of the molecule is CC(C)N(CC1CCCN(C(=O)c2cnc3c(c2)c(=O)[nH]c(=O)n3C2CC2)C1)C(=O)OC(C)(C)C. The number of fused-ring (bicyclic) bond motifs is 1. The molecule has 10 nitrogen and oxygen atoms in total. The van der Waals surface area contributed by atoms with Crippen LogP contribution in [0.25, 0.3) is 11.0 Å². The highest BCUT2D eigenvalue weighted by atomic mass is 16.6. The number of rotatable bonds is 5. The lowest BCUT2D eigenvalue weighted by atomic mass is 9.96. The molecule has 1 aliphatic carbocycles. The van der Waals surface area contributed by atoms with Crippen molar-refractivity contribution in [3.63, 3.8) is 0 Å². The van der Waals surface area contributed by atoms with Crippen molar-refractivity contribution < 1.29 is 14.3 Å². The maximum atomic E-state index is 13.3. The van der Waals surface area contributed by atoms with Gasteiger partial charge in [0.15, 0.2) is 0 Å². The number of amides is 2. The minimum absolute atomic E-state index is 0.0311. The molecule has 0 aromatic carbocycles. The van der Waals surface area contributed by atoms with E-state index in [0.29, 0.717) is 30.8 Å². The number of hydrogen-bond donors (Lipinski definition) is 1. The van der Waals surface area contributed by atoms with E-state index in [9.17, 15) is 19.2 Å². The van der Waals surface area contributed by atoms with Crippen LogP contribution in [0.1, 0.15) is 76.7 Å². The Bertz CT molecular complexity index is 1240. The molecule has 0 radical (unpaired) electrons. The number of H-pyrrole nitrogens is 1. The third kappa shape index (κ3) is 5.57. The van der Waals surface area contributed by atoms with Crippen molar-refractivity contribution in [1.82, 2.24) is 24.3 Å². The summed E-state index contributed by atoms with van der Waals surface area (Å²) in [5.74, 6) is -0.0967. The molecule has 2 amide bonds. The van der Waals surface area contributed by atoms with Gasteiger partial charge in [-0.15, -0.1) is 0 Å². The van der Waals surface area contributed by atoms with Gasteiger partial charge >= 0.3 is 11.8 Å². The predicted molar refractivity (Wildman–Crippen MR) is 132 cm³/mol. The average Bonchev–Trinajstić information content (AvgIpc) is 3.60. The third-order valence-corrected chi connectivity index (χ3v) is 6.45. The van der Waals surface area contributed by atoms with Crippen LogP contribution < -0.4 is 11.2 Å². The van der Waals surface area contributed by atoms with Crippen molar-refractivity contribution in [3.8, 4) is 0 Å². The highest BCUT2D eigenvalue weighted by molar-refractivity contribution is 5.96. The smallest absolute Gasteiger partial charge is 0.410 e. The molecule has 1 saturated heterocycles. The fourth-order valence-corrected chi connectivity index (χ4v) is 4.60. The number of nitrogens with one attached hydrogen (secondary N) is 1. The molecule has 1 atom stereocenters. The van der Waals surface area contributed by atoms with Crippen molar-refractivity contribution in [2.45, 2.75) is 78.0 Å². The fraction of sp³-hybridized carbons (Fsp3) is 0.640. The van der Waals surface area contributed by atoms with Gasteiger partial charge in [0.05, 0.1) is 10.9 Å². The molecule has 2 aliphatic rings. The average molecular weight is 486 g/mol. The maximum absolute atomic E-state index is 13.3. The van der Waals surface area contributed by atoms with Crippen molar-refractivity contribution in [2.24, 2.45) is 5.92 Å². The highest BCUT2D eigenvalue weighted by Gasteiger charge is 2.31. The molecule has 1 saturated carbocycles. The Morgan fingerprint density at radius 2 is 1.94 bits per heavy atom. The quantitative estimate of drug-likeness (QED) is 0.696. The zero-order chi connectivity index (χ0) is 25.5. The van der Waals surface area contributed by atoms with E-state index in [-0.39, 0.29) is 35.4 Å². The molecule has 190 valence electrons. The van der Waals surface area contributed by atoms with Crippen LogP contribution in [-0.4, -0.2) is 67.6 Å². The minimum atomic E-state index is -0.579. The summed E-state index contributed by atoms with van der Waals surface area (Å²) in [7, 11) is 0. The number of pyridine rings is 1. The minimum Gasteiger partial charge on any atom is -0.444 e. The Morgan fingerprint density at radius 1 is 1.23 bits per heavy atom. The van der Waals surface area contributed by atoms with Gasteiger partial charge in [0.2, 0.25) is 0 Å². The summed E-state index contributed by atoms with van der Waals surface area (Å²) >= 11 is 0. The molecule has 1 aliphatic heterocycles. The number of piperidine rings is 1. The number of carbonyl (C=O) groups excluding carboxylic acids is 2. The molecule has 1 N–H and O–H groups in total. The molecule has 4 rings (SSSR count). The zero-order valence-electron chi connectivity index (χ0n) is 21.2. The van der Waals surface area contributed by atoms with E-state index in [1.165, 1.54) is 16.8 Å². The molecule has 0 bridgehead atoms. The van der Waals surface area contributed by atoms with Crippen LogP contribution in [0.5, 0.6) is 0 Å². The summed E-state index contributed by atoms with van der Waals surface area (Å²) in [5, 5.41) is 0.242. The molecule has 1 unspecified atom stereocenters. The standard InChI is InChI=1S/C25H35N5O5/c1-15(2)29(24(34)35-25(3,4)5)14-16-7-6-10-28(13-16)22(32)17-11-19-20(26-12-17)30(18-8-9-18)23(33)27-21(19)31/h11-12,15-16,18H,6-10,13-14H2,1-5H3,(H,27,31,33). The Kier molecular flexibility index (Phi) is 6.75. The van der Waals surface area contributed by atoms with E-state index in [1.54, 1.807) is 9.80 Å². The lowest BCUT2D eigenvalue weighted by Crippen LogP contribution is -2.48. The van der Waals surface area contributed by atoms with Gasteiger partial charge in [0, 0.05) is 37.9 Å². The van der Waals surface area contributed by atoms with Gasteiger partial charge in [0.1, 0.15) is 11.2 Å². The monoisotopic (exact) mass is 485 g/mol. The van der Waals surface area contributed by atoms with E-state index in [1.807, 2.05) is 34.6 Å². The first-order chi connectivity index (χ1) is 16.4. The van der Waals surface area contributed by atoms with Gasteiger partial charge in [-0.25, -0.2) is 14.6 Å². The summed E-state index contributed by atoms with van der Waals surface area (Å²) in [6.45, 7) is 11.0. The Labute approximate surface area is 204 Å². The molecule has 2 aromatic heterocycles. The first-order valence-corrected chi connectivity index (χ1v) is 12.4. The van der Waals surface area contributed by atoms with Crippen LogP contribution in [-0.2, 0) is 4.74 Å². The van der Waals surface area contributed by atoms with Crippen molar-refractivity contribution >= 4 is 23.0 Å². The normalized spacial score (nSPS) is 18.7. The predicted octanol–water partition coefficient (Wildman–Crippen LogP) is 2.92. The second-order valence-electron chi connectivity index (χ2n) is 10.9. The van der Waals surface area contributed by atoms with Gasteiger partial charge < -0.3 is 14.5 Å². The van der Waals surface area contributed by atoms with Crippen LogP contribution in [0.15, 0.2) is 21.9 Å². The van der Waals surface area contributed by atoms with Crippen LogP contribution >= 0.6 is 0 Å². The van der Waals surface area contributed by atoms with Gasteiger partial charge in [-0.1, -0.05) is 0 Å². The maximum Gasteiger partial charge on any atom is 0.410 e. The molecule has 10 heteroatoms. The number of aromatic nitrogens is 3. The van der Waals surface area contributed by atoms with E-state index >= 15 is 0 Å². The Hall–Kier alpha value is -3.17. The number of ether oxygens (including phenoxy) is 1. The Morgan fingerprint density at radius 3 is 2.57 bits per heavy atom. The number of carbonyl (C=O) groups is 2. The molecule has 3 heterocycles. The highest BCUT2D eigenvalue weighted by Crippen LogP contribution is 2.34. The van der Waals surface area contributed by atoms with E-state index < -0.39 is 16.9 Å². The van der Waals surface area contributed by atoms with Gasteiger partial charge in [-0.2, -0.15) is 0 Å². The fourth-order valence-electron chi connectivity index (χ4n) is 4.60. The zero-order valence-corrected chi connectivity index (χ0v) is 21.2. The second kappa shape index (κ2) is 9.47. The van der Waals surface area contributed by atoms with E-state index in [4.69, 9.17) is 4.74 Å². The third-order valence-electron chi connectivity index (χ3n) is 6.45. The lowest BCUT2D eigenvalue weighted by molar-refractivity contribution is 0.0124. The molecular weight excluding hydrogens is 450 g/mol. The number of likely N-dealkylation sites (tertiary alicyclic amines) is 1. The summed E-state index contributed by atoms with van der Waals surface area (Å²) < 4.78 is 7.09. The summed E-state index contributed by atoms with van der Waals surface area (Å²) in [6.07, 6.45) is 4.56. The van der Waals surface area contributed by atoms with Crippen LogP contribution in [0.2, 0.25) is 0 Å². The van der Waals surface area contributed by atoms with Crippen LogP contribution in [0.4, 0.5) is 4.79 Å². The number of nitrogens with zero attached hydrogens (tertiary/aromatic N) is 4. The largest absolute Gasteiger partial charge is 0.444 e. The summed E-state index contributed by atoms with van der Waals surface area (Å²) in [6, 6.07) is 1.55. The molecule has 0 spiro atoms. The van der Waals surface area contributed by atoms with Crippen molar-refractivity contribution in [2.75, 3.05) is 19.6 Å². The number of hydrogen-bond acceptors (Lipinski definition) is 6. The van der Waals surface area contributed by atoms with Crippen molar-refractivity contribution in [3.05, 3.63) is 38.7 Å². The van der Waals surface area contributed by atoms with E-state index in [2.05, 4.69) is 9.97 Å². The molecule has 35 heavy (non-hydrogen) atoms. The van der Waals surface area contributed by atoms with Crippen LogP contribution in [0.3, 0.4) is 0 Å². The first-order valence-electron chi connectivity index (χ1n) is 12.4. The Balaban J connectivity index is 1.51. The summed E-state index contributed by atoms with van der Waals surface area (Å²) in [4.78, 5) is 61.0. The van der Waals surface area contributed by atoms with Crippen LogP contribution in [0, 0.1) is 5.92 Å². The summed E-state index contributed by atoms with van der Waals surface area (Å²) in [5.41, 5.74) is -0.943. The molecule has 2 fully saturated rings. The topological polar surface area (TPSA) is 118 Å². The van der Waals surface area contributed by atoms with Gasteiger partial charge in [-0.3, -0.25) is 19.1 Å². The molecule has 2 aromatic rings. The lowest BCUT2D eigenvalue weighted by Gasteiger charge is -2.37.